The molecule has 0 atom stereocenters. The summed E-state index contributed by atoms with van der Waals surface area (Å²) in [6, 6.07) is 1.78. The van der Waals surface area contributed by atoms with Crippen molar-refractivity contribution in [2.45, 2.75) is 0 Å². The second kappa shape index (κ2) is 5.80. The van der Waals surface area contributed by atoms with Gasteiger partial charge in [-0.05, 0) is 5.92 Å². The summed E-state index contributed by atoms with van der Waals surface area (Å²) in [5.74, 6) is 6.91. The number of nitrogens with zero attached hydrogens (tertiary/aromatic N) is 2. The van der Waals surface area contributed by atoms with Crippen molar-refractivity contribution in [3.63, 3.8) is 0 Å². The Balaban J connectivity index is 2.97. The molecule has 0 amide bonds. The molecular weight excluding hydrogens is 216 g/mol. The fraction of sp³-hybridized carbons (Fsp3) is 0.308. The number of methoxy groups -OCH3 is 2. The molecule has 0 unspecified atom stereocenters. The molecule has 1 heterocycles. The quantitative estimate of drug-likeness (QED) is 0.740. The molecule has 1 aromatic rings. The summed E-state index contributed by atoms with van der Waals surface area (Å²) in [6.07, 6.45) is 1.64. The maximum atomic E-state index is 5.14. The summed E-state index contributed by atoms with van der Waals surface area (Å²) in [6.45, 7) is 3.82. The Hall–Kier alpha value is -2.15. The standard InChI is InChI=1S/C13H16N2O2/c1-10(15(2)3)6-7-11-8-12(16-4)13(17-5)14-9-11/h8-9H,1H2,2-5H3. The van der Waals surface area contributed by atoms with Crippen LogP contribution in [0.3, 0.4) is 0 Å². The van der Waals surface area contributed by atoms with Crippen LogP contribution in [0.2, 0.25) is 0 Å². The van der Waals surface area contributed by atoms with Crippen LogP contribution in [0.25, 0.3) is 0 Å². The zero-order valence-corrected chi connectivity index (χ0v) is 10.6. The third kappa shape index (κ3) is 3.42. The third-order valence-electron chi connectivity index (χ3n) is 2.12. The lowest BCUT2D eigenvalue weighted by Crippen LogP contribution is -2.07. The molecule has 0 aliphatic heterocycles. The molecule has 0 aromatic carbocycles. The summed E-state index contributed by atoms with van der Waals surface area (Å²) in [4.78, 5) is 5.95. The van der Waals surface area contributed by atoms with Crippen molar-refractivity contribution in [3.05, 3.63) is 30.1 Å². The van der Waals surface area contributed by atoms with Crippen molar-refractivity contribution in [1.82, 2.24) is 9.88 Å². The largest absolute Gasteiger partial charge is 0.491 e. The van der Waals surface area contributed by atoms with E-state index in [0.717, 1.165) is 11.3 Å². The summed E-state index contributed by atoms with van der Waals surface area (Å²) in [5.41, 5.74) is 1.49. The molecule has 0 fully saturated rings. The minimum atomic E-state index is 0.449. The van der Waals surface area contributed by atoms with Gasteiger partial charge in [0.05, 0.1) is 19.9 Å². The summed E-state index contributed by atoms with van der Waals surface area (Å²) in [5, 5.41) is 0. The van der Waals surface area contributed by atoms with Gasteiger partial charge in [0.25, 0.3) is 5.88 Å². The highest BCUT2D eigenvalue weighted by molar-refractivity contribution is 5.45. The van der Waals surface area contributed by atoms with Gasteiger partial charge in [-0.25, -0.2) is 4.98 Å². The van der Waals surface area contributed by atoms with E-state index in [0.29, 0.717) is 11.6 Å². The van der Waals surface area contributed by atoms with E-state index in [-0.39, 0.29) is 0 Å². The Morgan fingerprint density at radius 1 is 1.35 bits per heavy atom. The molecular formula is C13H16N2O2. The van der Waals surface area contributed by atoms with Gasteiger partial charge in [-0.2, -0.15) is 0 Å². The first-order valence-corrected chi connectivity index (χ1v) is 5.04. The van der Waals surface area contributed by atoms with Crippen LogP contribution < -0.4 is 9.47 Å². The molecule has 1 rings (SSSR count). The second-order valence-corrected chi connectivity index (χ2v) is 3.53. The molecule has 4 nitrogen and oxygen atoms in total. The molecule has 0 bridgehead atoms. The minimum Gasteiger partial charge on any atom is -0.491 e. The molecule has 0 N–H and O–H groups in total. The lowest BCUT2D eigenvalue weighted by atomic mass is 10.2. The molecule has 0 saturated carbocycles. The van der Waals surface area contributed by atoms with E-state index in [1.165, 1.54) is 0 Å². The van der Waals surface area contributed by atoms with E-state index in [9.17, 15) is 0 Å². The van der Waals surface area contributed by atoms with Crippen LogP contribution in [0.4, 0.5) is 0 Å². The Kier molecular flexibility index (Phi) is 4.41. The van der Waals surface area contributed by atoms with Crippen LogP contribution >= 0.6 is 0 Å². The smallest absolute Gasteiger partial charge is 0.256 e. The predicted molar refractivity (Wildman–Crippen MR) is 67.0 cm³/mol. The van der Waals surface area contributed by atoms with E-state index in [4.69, 9.17) is 9.47 Å². The molecule has 17 heavy (non-hydrogen) atoms. The SMILES string of the molecule is C=C(C#Cc1cnc(OC)c(OC)c1)N(C)C. The topological polar surface area (TPSA) is 34.6 Å². The van der Waals surface area contributed by atoms with Crippen LogP contribution in [0.5, 0.6) is 11.6 Å². The van der Waals surface area contributed by atoms with Crippen molar-refractivity contribution < 1.29 is 9.47 Å². The zero-order chi connectivity index (χ0) is 12.8. The lowest BCUT2D eigenvalue weighted by Gasteiger charge is -2.08. The lowest BCUT2D eigenvalue weighted by molar-refractivity contribution is 0.343. The Bertz CT molecular complexity index is 470. The van der Waals surface area contributed by atoms with Gasteiger partial charge < -0.3 is 14.4 Å². The monoisotopic (exact) mass is 232 g/mol. The molecule has 0 spiro atoms. The number of ether oxygens (including phenoxy) is 2. The molecule has 1 aromatic heterocycles. The van der Waals surface area contributed by atoms with Crippen molar-refractivity contribution >= 4 is 0 Å². The highest BCUT2D eigenvalue weighted by Crippen LogP contribution is 2.23. The summed E-state index contributed by atoms with van der Waals surface area (Å²) >= 11 is 0. The fourth-order valence-electron chi connectivity index (χ4n) is 1.06. The van der Waals surface area contributed by atoms with Crippen LogP contribution in [0.1, 0.15) is 5.56 Å². The highest BCUT2D eigenvalue weighted by Gasteiger charge is 2.04. The van der Waals surface area contributed by atoms with E-state index < -0.39 is 0 Å². The van der Waals surface area contributed by atoms with Crippen molar-refractivity contribution in [2.75, 3.05) is 28.3 Å². The van der Waals surface area contributed by atoms with Gasteiger partial charge >= 0.3 is 0 Å². The van der Waals surface area contributed by atoms with Gasteiger partial charge in [0, 0.05) is 31.9 Å². The number of rotatable bonds is 3. The number of hydrogen-bond acceptors (Lipinski definition) is 4. The van der Waals surface area contributed by atoms with E-state index in [1.54, 1.807) is 26.5 Å². The van der Waals surface area contributed by atoms with Crippen molar-refractivity contribution in [3.8, 4) is 23.5 Å². The maximum absolute atomic E-state index is 5.14. The highest BCUT2D eigenvalue weighted by atomic mass is 16.5. The van der Waals surface area contributed by atoms with Crippen molar-refractivity contribution in [2.24, 2.45) is 0 Å². The molecule has 0 aliphatic rings. The first-order valence-electron chi connectivity index (χ1n) is 5.04. The average molecular weight is 232 g/mol. The van der Waals surface area contributed by atoms with Gasteiger partial charge in [-0.3, -0.25) is 0 Å². The van der Waals surface area contributed by atoms with E-state index >= 15 is 0 Å². The van der Waals surface area contributed by atoms with E-state index in [1.807, 2.05) is 19.0 Å². The molecule has 90 valence electrons. The van der Waals surface area contributed by atoms with Gasteiger partial charge in [0.1, 0.15) is 0 Å². The van der Waals surface area contributed by atoms with Crippen LogP contribution in [0, 0.1) is 11.8 Å². The van der Waals surface area contributed by atoms with Gasteiger partial charge in [-0.1, -0.05) is 12.5 Å². The van der Waals surface area contributed by atoms with Crippen LogP contribution in [-0.2, 0) is 0 Å². The first-order chi connectivity index (χ1) is 8.08. The van der Waals surface area contributed by atoms with Crippen LogP contribution in [-0.4, -0.2) is 38.2 Å². The predicted octanol–water partition coefficient (Wildman–Crippen LogP) is 1.53. The molecule has 4 heteroatoms. The van der Waals surface area contributed by atoms with Gasteiger partial charge in [0.15, 0.2) is 5.75 Å². The second-order valence-electron chi connectivity index (χ2n) is 3.53. The maximum Gasteiger partial charge on any atom is 0.256 e. The van der Waals surface area contributed by atoms with Crippen LogP contribution in [0.15, 0.2) is 24.5 Å². The van der Waals surface area contributed by atoms with E-state index in [2.05, 4.69) is 23.4 Å². The normalized spacial score (nSPS) is 8.94. The Morgan fingerprint density at radius 3 is 2.59 bits per heavy atom. The van der Waals surface area contributed by atoms with Crippen molar-refractivity contribution in [1.29, 1.82) is 0 Å². The van der Waals surface area contributed by atoms with Gasteiger partial charge in [0.2, 0.25) is 0 Å². The zero-order valence-electron chi connectivity index (χ0n) is 10.6. The Morgan fingerprint density at radius 2 is 2.06 bits per heavy atom. The van der Waals surface area contributed by atoms with Gasteiger partial charge in [-0.15, -0.1) is 0 Å². The Labute approximate surface area is 102 Å². The third-order valence-corrected chi connectivity index (χ3v) is 2.12. The minimum absolute atomic E-state index is 0.449. The number of allylic oxidation sites excluding steroid dienone is 1. The number of hydrogen-bond donors (Lipinski definition) is 0. The number of aromatic nitrogens is 1. The summed E-state index contributed by atoms with van der Waals surface area (Å²) < 4.78 is 10.2. The summed E-state index contributed by atoms with van der Waals surface area (Å²) in [7, 11) is 6.90. The number of pyridine rings is 1. The molecule has 0 aliphatic carbocycles. The fourth-order valence-corrected chi connectivity index (χ4v) is 1.06. The average Bonchev–Trinajstić information content (AvgIpc) is 2.35. The first kappa shape index (κ1) is 12.9. The molecule has 0 radical (unpaired) electrons. The molecule has 0 saturated heterocycles.